The molecule has 3 aromatic carbocycles. The summed E-state index contributed by atoms with van der Waals surface area (Å²) in [6, 6.07) is 19.2. The summed E-state index contributed by atoms with van der Waals surface area (Å²) in [6.45, 7) is 4.10. The van der Waals surface area contributed by atoms with Crippen molar-refractivity contribution in [1.29, 1.82) is 0 Å². The summed E-state index contributed by atoms with van der Waals surface area (Å²) in [7, 11) is -3.21. The molecule has 0 bridgehead atoms. The van der Waals surface area contributed by atoms with Crippen LogP contribution in [0.25, 0.3) is 0 Å². The van der Waals surface area contributed by atoms with E-state index in [0.717, 1.165) is 5.56 Å². The number of nitrogens with zero attached hydrogens (tertiary/aromatic N) is 1. The Hall–Kier alpha value is -3.65. The Morgan fingerprint density at radius 1 is 0.844 bits per heavy atom. The predicted octanol–water partition coefficient (Wildman–Crippen LogP) is 3.96. The zero-order chi connectivity index (χ0) is 22.9. The van der Waals surface area contributed by atoms with Crippen molar-refractivity contribution < 1.29 is 18.0 Å². The van der Waals surface area contributed by atoms with Crippen molar-refractivity contribution in [2.75, 3.05) is 27.2 Å². The van der Waals surface area contributed by atoms with E-state index < -0.39 is 10.0 Å². The first kappa shape index (κ1) is 21.6. The van der Waals surface area contributed by atoms with E-state index >= 15 is 0 Å². The number of hydrogen-bond acceptors (Lipinski definition) is 4. The van der Waals surface area contributed by atoms with Crippen molar-refractivity contribution >= 4 is 38.9 Å². The highest BCUT2D eigenvalue weighted by Gasteiger charge is 2.32. The van der Waals surface area contributed by atoms with Crippen LogP contribution in [0.2, 0.25) is 0 Å². The van der Waals surface area contributed by atoms with Crippen LogP contribution in [0, 0.1) is 13.8 Å². The molecule has 1 saturated heterocycles. The third-order valence-corrected chi connectivity index (χ3v) is 7.17. The number of anilines is 3. The summed E-state index contributed by atoms with van der Waals surface area (Å²) >= 11 is 0. The molecule has 1 aliphatic heterocycles. The molecule has 8 heteroatoms. The lowest BCUT2D eigenvalue weighted by molar-refractivity contribution is 0.101. The van der Waals surface area contributed by atoms with Gasteiger partial charge in [0.05, 0.1) is 11.4 Å². The molecule has 1 fully saturated rings. The van der Waals surface area contributed by atoms with Crippen LogP contribution >= 0.6 is 0 Å². The Morgan fingerprint density at radius 3 is 2.22 bits per heavy atom. The van der Waals surface area contributed by atoms with Gasteiger partial charge < -0.3 is 10.6 Å². The monoisotopic (exact) mass is 449 g/mol. The molecule has 1 aliphatic rings. The molecule has 0 radical (unpaired) electrons. The first-order chi connectivity index (χ1) is 15.2. The molecule has 0 unspecified atom stereocenters. The van der Waals surface area contributed by atoms with Crippen LogP contribution in [0.15, 0.2) is 66.7 Å². The number of carbonyl (C=O) groups is 2. The molecule has 0 aliphatic carbocycles. The van der Waals surface area contributed by atoms with Gasteiger partial charge in [-0.05, 0) is 67.4 Å². The first-order valence-corrected chi connectivity index (χ1v) is 11.7. The topological polar surface area (TPSA) is 95.6 Å². The zero-order valence-corrected chi connectivity index (χ0v) is 18.6. The van der Waals surface area contributed by atoms with Gasteiger partial charge in [-0.1, -0.05) is 24.3 Å². The van der Waals surface area contributed by atoms with Gasteiger partial charge in [0.2, 0.25) is 10.0 Å². The number of aryl methyl sites for hydroxylation is 2. The summed E-state index contributed by atoms with van der Waals surface area (Å²) in [5.74, 6) is -0.403. The molecule has 3 aromatic rings. The number of amides is 2. The molecule has 1 heterocycles. The van der Waals surface area contributed by atoms with Crippen LogP contribution in [0.4, 0.5) is 17.1 Å². The highest BCUT2D eigenvalue weighted by atomic mass is 32.2. The van der Waals surface area contributed by atoms with Crippen molar-refractivity contribution in [1.82, 2.24) is 0 Å². The number of benzene rings is 3. The van der Waals surface area contributed by atoms with E-state index in [-0.39, 0.29) is 17.6 Å². The Morgan fingerprint density at radius 2 is 1.59 bits per heavy atom. The van der Waals surface area contributed by atoms with Crippen LogP contribution in [0.1, 0.15) is 31.8 Å². The Bertz CT molecular complexity index is 1300. The molecule has 7 nitrogen and oxygen atoms in total. The lowest BCUT2D eigenvalue weighted by atomic mass is 10.1. The Kier molecular flexibility index (Phi) is 5.71. The van der Waals surface area contributed by atoms with Crippen molar-refractivity contribution in [2.45, 2.75) is 13.8 Å². The normalized spacial score (nSPS) is 14.4. The smallest absolute Gasteiger partial charge is 0.255 e. The first-order valence-electron chi connectivity index (χ1n) is 10.1. The molecule has 32 heavy (non-hydrogen) atoms. The quantitative estimate of drug-likeness (QED) is 0.616. The van der Waals surface area contributed by atoms with Gasteiger partial charge in [0.1, 0.15) is 0 Å². The molecule has 2 amide bonds. The van der Waals surface area contributed by atoms with Crippen LogP contribution in [-0.4, -0.2) is 32.5 Å². The fourth-order valence-electron chi connectivity index (χ4n) is 3.50. The summed E-state index contributed by atoms with van der Waals surface area (Å²) in [6.07, 6.45) is 0. The van der Waals surface area contributed by atoms with Crippen LogP contribution in [-0.2, 0) is 10.0 Å². The van der Waals surface area contributed by atoms with Crippen LogP contribution in [0.5, 0.6) is 0 Å². The molecular weight excluding hydrogens is 426 g/mol. The maximum Gasteiger partial charge on any atom is 0.255 e. The highest BCUT2D eigenvalue weighted by molar-refractivity contribution is 7.94. The van der Waals surface area contributed by atoms with Crippen molar-refractivity contribution in [2.24, 2.45) is 0 Å². The van der Waals surface area contributed by atoms with Gasteiger partial charge in [0, 0.05) is 29.0 Å². The van der Waals surface area contributed by atoms with Crippen molar-refractivity contribution in [3.8, 4) is 0 Å². The van der Waals surface area contributed by atoms with E-state index in [1.54, 1.807) is 61.5 Å². The van der Waals surface area contributed by atoms with Crippen molar-refractivity contribution in [3.63, 3.8) is 0 Å². The van der Waals surface area contributed by atoms with Gasteiger partial charge in [-0.15, -0.1) is 0 Å². The van der Waals surface area contributed by atoms with Gasteiger partial charge in [-0.25, -0.2) is 8.42 Å². The molecule has 4 rings (SSSR count). The number of hydrogen-bond donors (Lipinski definition) is 2. The molecule has 164 valence electrons. The zero-order valence-electron chi connectivity index (χ0n) is 17.8. The molecule has 0 saturated carbocycles. The maximum absolute atomic E-state index is 12.8. The van der Waals surface area contributed by atoms with Gasteiger partial charge in [0.25, 0.3) is 11.8 Å². The van der Waals surface area contributed by atoms with Gasteiger partial charge in [-0.3, -0.25) is 13.9 Å². The van der Waals surface area contributed by atoms with E-state index in [9.17, 15) is 18.0 Å². The van der Waals surface area contributed by atoms with Gasteiger partial charge in [-0.2, -0.15) is 0 Å². The molecular formula is C24H23N3O4S. The standard InChI is InChI=1S/C24H23N3O4S/c1-16-8-9-19(15-22(16)26-23(28)18-6-4-3-5-7-18)25-24(29)21-11-10-20(14-17(21)2)27-12-13-32(27,30)31/h3-11,14-15H,12-13H2,1-2H3,(H,25,29)(H,26,28). The second-order valence-corrected chi connectivity index (χ2v) is 9.70. The number of carbonyl (C=O) groups excluding carboxylic acids is 2. The second-order valence-electron chi connectivity index (χ2n) is 7.69. The summed E-state index contributed by atoms with van der Waals surface area (Å²) < 4.78 is 25.0. The lowest BCUT2D eigenvalue weighted by Crippen LogP contribution is -2.47. The maximum atomic E-state index is 12.8. The van der Waals surface area contributed by atoms with Crippen LogP contribution in [0.3, 0.4) is 0 Å². The summed E-state index contributed by atoms with van der Waals surface area (Å²) in [5, 5.41) is 5.73. The van der Waals surface area contributed by atoms with Gasteiger partial charge >= 0.3 is 0 Å². The van der Waals surface area contributed by atoms with E-state index in [2.05, 4.69) is 10.6 Å². The summed E-state index contributed by atoms with van der Waals surface area (Å²) in [4.78, 5) is 25.3. The third kappa shape index (κ3) is 4.36. The Labute approximate surface area is 187 Å². The molecule has 0 atom stereocenters. The summed E-state index contributed by atoms with van der Waals surface area (Å²) in [5.41, 5.74) is 4.23. The highest BCUT2D eigenvalue weighted by Crippen LogP contribution is 2.27. The van der Waals surface area contributed by atoms with Gasteiger partial charge in [0.15, 0.2) is 0 Å². The second kappa shape index (κ2) is 8.47. The fourth-order valence-corrected chi connectivity index (χ4v) is 4.59. The minimum Gasteiger partial charge on any atom is -0.322 e. The molecule has 0 aromatic heterocycles. The fraction of sp³-hybridized carbons (Fsp3) is 0.167. The van der Waals surface area contributed by atoms with E-state index in [1.807, 2.05) is 19.1 Å². The minimum atomic E-state index is -3.21. The third-order valence-electron chi connectivity index (χ3n) is 5.41. The average Bonchev–Trinajstić information content (AvgIpc) is 2.76. The van der Waals surface area contributed by atoms with Crippen LogP contribution < -0.4 is 14.9 Å². The molecule has 0 spiro atoms. The minimum absolute atomic E-state index is 0.144. The van der Waals surface area contributed by atoms with E-state index in [1.165, 1.54) is 4.31 Å². The number of nitrogens with one attached hydrogen (secondary N) is 2. The average molecular weight is 450 g/mol. The van der Waals surface area contributed by atoms with Crippen molar-refractivity contribution in [3.05, 3.63) is 89.0 Å². The Balaban J connectivity index is 1.50. The number of sulfonamides is 1. The number of rotatable bonds is 5. The van der Waals surface area contributed by atoms with E-state index in [0.29, 0.717) is 40.3 Å². The molecule has 2 N–H and O–H groups in total. The van der Waals surface area contributed by atoms with E-state index in [4.69, 9.17) is 0 Å². The predicted molar refractivity (Wildman–Crippen MR) is 126 cm³/mol. The SMILES string of the molecule is Cc1ccc(NC(=O)c2ccc(N3CCS3(=O)=O)cc2C)cc1NC(=O)c1ccccc1. The largest absolute Gasteiger partial charge is 0.322 e. The lowest BCUT2D eigenvalue weighted by Gasteiger charge is -2.32.